The molecule has 0 bridgehead atoms. The molecule has 1 saturated heterocycles. The maximum atomic E-state index is 5.95. The highest BCUT2D eigenvalue weighted by atomic mass is 16.7. The van der Waals surface area contributed by atoms with Crippen LogP contribution < -0.4 is 5.73 Å². The lowest BCUT2D eigenvalue weighted by Crippen LogP contribution is -2.20. The van der Waals surface area contributed by atoms with Gasteiger partial charge in [0.2, 0.25) is 0 Å². The number of hydrogen-bond donors (Lipinski definition) is 1. The summed E-state index contributed by atoms with van der Waals surface area (Å²) in [5, 5.41) is 4.23. The summed E-state index contributed by atoms with van der Waals surface area (Å²) in [6.07, 6.45) is 2.38. The van der Waals surface area contributed by atoms with Crippen LogP contribution in [0.4, 0.5) is 0 Å². The average Bonchev–Trinajstić information content (AvgIpc) is 2.75. The van der Waals surface area contributed by atoms with E-state index < -0.39 is 0 Å². The van der Waals surface area contributed by atoms with E-state index in [1.165, 1.54) is 0 Å². The van der Waals surface area contributed by atoms with E-state index in [1.54, 1.807) is 4.68 Å². The summed E-state index contributed by atoms with van der Waals surface area (Å²) < 4.78 is 12.4. The van der Waals surface area contributed by atoms with Gasteiger partial charge in [0.15, 0.2) is 6.29 Å². The molecular formula is C9H15N3O2. The van der Waals surface area contributed by atoms with Gasteiger partial charge in [-0.3, -0.25) is 4.68 Å². The van der Waals surface area contributed by atoms with Gasteiger partial charge in [-0.05, 0) is 6.07 Å². The maximum Gasteiger partial charge on any atom is 0.159 e. The second-order valence-electron chi connectivity index (χ2n) is 3.43. The van der Waals surface area contributed by atoms with Crippen LogP contribution in [0.5, 0.6) is 0 Å². The fourth-order valence-electron chi connectivity index (χ4n) is 1.50. The number of aromatic nitrogens is 2. The van der Waals surface area contributed by atoms with Gasteiger partial charge in [0.25, 0.3) is 0 Å². The van der Waals surface area contributed by atoms with Gasteiger partial charge in [-0.25, -0.2) is 0 Å². The summed E-state index contributed by atoms with van der Waals surface area (Å²) in [5.41, 5.74) is 6.83. The van der Waals surface area contributed by atoms with E-state index in [2.05, 4.69) is 5.10 Å². The van der Waals surface area contributed by atoms with Crippen molar-refractivity contribution in [1.82, 2.24) is 9.78 Å². The lowest BCUT2D eigenvalue weighted by Gasteiger charge is -2.13. The molecule has 1 atom stereocenters. The predicted octanol–water partition coefficient (Wildman–Crippen LogP) is 0.183. The molecule has 0 spiro atoms. The van der Waals surface area contributed by atoms with E-state index in [9.17, 15) is 0 Å². The van der Waals surface area contributed by atoms with Crippen molar-refractivity contribution < 1.29 is 9.47 Å². The zero-order valence-corrected chi connectivity index (χ0v) is 8.22. The molecule has 0 amide bonds. The van der Waals surface area contributed by atoms with Crippen LogP contribution in [-0.2, 0) is 16.5 Å². The zero-order chi connectivity index (χ0) is 9.97. The van der Waals surface area contributed by atoms with E-state index in [-0.39, 0.29) is 12.3 Å². The molecule has 0 saturated carbocycles. The van der Waals surface area contributed by atoms with Crippen LogP contribution in [0.2, 0.25) is 0 Å². The van der Waals surface area contributed by atoms with Gasteiger partial charge >= 0.3 is 0 Å². The molecule has 0 aliphatic carbocycles. The van der Waals surface area contributed by atoms with E-state index in [4.69, 9.17) is 15.2 Å². The first-order chi connectivity index (χ1) is 6.75. The third kappa shape index (κ3) is 2.12. The molecule has 5 nitrogen and oxygen atoms in total. The first-order valence-electron chi connectivity index (χ1n) is 4.74. The van der Waals surface area contributed by atoms with Crippen LogP contribution in [0.25, 0.3) is 0 Å². The Hall–Kier alpha value is -0.910. The van der Waals surface area contributed by atoms with Crippen molar-refractivity contribution in [2.24, 2.45) is 12.8 Å². The highest BCUT2D eigenvalue weighted by molar-refractivity contribution is 5.04. The fraction of sp³-hybridized carbons (Fsp3) is 0.667. The summed E-state index contributed by atoms with van der Waals surface area (Å²) in [6.45, 7) is 1.33. The Morgan fingerprint density at radius 1 is 1.64 bits per heavy atom. The normalized spacial score (nSPS) is 20.1. The van der Waals surface area contributed by atoms with Gasteiger partial charge in [0, 0.05) is 19.7 Å². The van der Waals surface area contributed by atoms with Gasteiger partial charge < -0.3 is 15.2 Å². The molecule has 14 heavy (non-hydrogen) atoms. The van der Waals surface area contributed by atoms with Crippen molar-refractivity contribution in [1.29, 1.82) is 0 Å². The van der Waals surface area contributed by atoms with Gasteiger partial charge in [0.1, 0.15) is 0 Å². The second kappa shape index (κ2) is 4.08. The van der Waals surface area contributed by atoms with Crippen LogP contribution in [0.3, 0.4) is 0 Å². The van der Waals surface area contributed by atoms with E-state index in [0.717, 1.165) is 5.69 Å². The lowest BCUT2D eigenvalue weighted by molar-refractivity contribution is -0.0510. The Kier molecular flexibility index (Phi) is 2.81. The predicted molar refractivity (Wildman–Crippen MR) is 50.4 cm³/mol. The molecule has 2 rings (SSSR count). The molecule has 2 N–H and O–H groups in total. The molecule has 1 fully saturated rings. The molecular weight excluding hydrogens is 182 g/mol. The topological polar surface area (TPSA) is 62.3 Å². The van der Waals surface area contributed by atoms with Crippen molar-refractivity contribution in [3.8, 4) is 0 Å². The van der Waals surface area contributed by atoms with Crippen LogP contribution in [0.15, 0.2) is 12.3 Å². The standard InChI is InChI=1S/C9H15N3O2/c1-12-3-2-8(11-12)7(10)6-9-13-4-5-14-9/h2-3,7,9H,4-6,10H2,1H3. The zero-order valence-electron chi connectivity index (χ0n) is 8.22. The number of aryl methyl sites for hydroxylation is 1. The average molecular weight is 197 g/mol. The summed E-state index contributed by atoms with van der Waals surface area (Å²) in [7, 11) is 1.87. The summed E-state index contributed by atoms with van der Waals surface area (Å²) in [4.78, 5) is 0. The lowest BCUT2D eigenvalue weighted by atomic mass is 10.1. The molecule has 1 aromatic rings. The Morgan fingerprint density at radius 3 is 2.93 bits per heavy atom. The quantitative estimate of drug-likeness (QED) is 0.751. The summed E-state index contributed by atoms with van der Waals surface area (Å²) in [6, 6.07) is 1.80. The molecule has 2 heterocycles. The van der Waals surface area contributed by atoms with Crippen LogP contribution >= 0.6 is 0 Å². The number of hydrogen-bond acceptors (Lipinski definition) is 4. The third-order valence-electron chi connectivity index (χ3n) is 2.25. The monoisotopic (exact) mass is 197 g/mol. The van der Waals surface area contributed by atoms with Crippen LogP contribution in [0, 0.1) is 0 Å². The Labute approximate surface area is 82.8 Å². The highest BCUT2D eigenvalue weighted by Crippen LogP contribution is 2.18. The van der Waals surface area contributed by atoms with Gasteiger partial charge in [-0.1, -0.05) is 0 Å². The number of ether oxygens (including phenoxy) is 2. The maximum absolute atomic E-state index is 5.95. The van der Waals surface area contributed by atoms with E-state index in [1.807, 2.05) is 19.3 Å². The Morgan fingerprint density at radius 2 is 2.36 bits per heavy atom. The fourth-order valence-corrected chi connectivity index (χ4v) is 1.50. The van der Waals surface area contributed by atoms with Gasteiger partial charge in [-0.15, -0.1) is 0 Å². The smallest absolute Gasteiger partial charge is 0.159 e. The Balaban J connectivity index is 1.91. The molecule has 1 aliphatic heterocycles. The van der Waals surface area contributed by atoms with Crippen molar-refractivity contribution in [3.63, 3.8) is 0 Å². The van der Waals surface area contributed by atoms with Crippen molar-refractivity contribution in [2.75, 3.05) is 13.2 Å². The molecule has 78 valence electrons. The number of rotatable bonds is 3. The van der Waals surface area contributed by atoms with Gasteiger partial charge in [0.05, 0.1) is 24.9 Å². The van der Waals surface area contributed by atoms with E-state index in [0.29, 0.717) is 19.6 Å². The van der Waals surface area contributed by atoms with Gasteiger partial charge in [-0.2, -0.15) is 5.10 Å². The number of nitrogens with zero attached hydrogens (tertiary/aromatic N) is 2. The minimum Gasteiger partial charge on any atom is -0.350 e. The highest BCUT2D eigenvalue weighted by Gasteiger charge is 2.21. The first kappa shape index (κ1) is 9.64. The Bertz CT molecular complexity index is 294. The summed E-state index contributed by atoms with van der Waals surface area (Å²) in [5.74, 6) is 0. The van der Waals surface area contributed by atoms with E-state index >= 15 is 0 Å². The van der Waals surface area contributed by atoms with Crippen molar-refractivity contribution in [2.45, 2.75) is 18.8 Å². The molecule has 0 aromatic carbocycles. The molecule has 5 heteroatoms. The molecule has 0 radical (unpaired) electrons. The molecule has 1 aromatic heterocycles. The first-order valence-corrected chi connectivity index (χ1v) is 4.74. The third-order valence-corrected chi connectivity index (χ3v) is 2.25. The van der Waals surface area contributed by atoms with Crippen molar-refractivity contribution in [3.05, 3.63) is 18.0 Å². The molecule has 1 aliphatic rings. The second-order valence-corrected chi connectivity index (χ2v) is 3.43. The van der Waals surface area contributed by atoms with Crippen molar-refractivity contribution >= 4 is 0 Å². The van der Waals surface area contributed by atoms with Crippen LogP contribution in [0.1, 0.15) is 18.2 Å². The SMILES string of the molecule is Cn1ccc(C(N)CC2OCCO2)n1. The largest absolute Gasteiger partial charge is 0.350 e. The summed E-state index contributed by atoms with van der Waals surface area (Å²) >= 11 is 0. The minimum absolute atomic E-state index is 0.112. The van der Waals surface area contributed by atoms with Crippen LogP contribution in [-0.4, -0.2) is 29.3 Å². The molecule has 1 unspecified atom stereocenters. The minimum atomic E-state index is -0.160. The number of nitrogens with two attached hydrogens (primary N) is 1.